The van der Waals surface area contributed by atoms with Gasteiger partial charge in [-0.15, -0.1) is 11.3 Å². The highest BCUT2D eigenvalue weighted by molar-refractivity contribution is 7.26. The number of anilines is 3. The fourth-order valence-electron chi connectivity index (χ4n) is 12.2. The molecular weight excluding hydrogens is 843 g/mol. The molecule has 0 N–H and O–H groups in total. The Bertz CT molecular complexity index is 4120. The molecule has 0 unspecified atom stereocenters. The summed E-state index contributed by atoms with van der Waals surface area (Å²) in [4.78, 5) is 2.42. The molecule has 2 aliphatic rings. The van der Waals surface area contributed by atoms with Crippen LogP contribution in [-0.2, 0) is 5.41 Å². The Kier molecular flexibility index (Phi) is 7.90. The number of hydrogen-bond acceptors (Lipinski definition) is 3. The Morgan fingerprint density at radius 3 is 1.47 bits per heavy atom. The number of benzene rings is 12. The molecule has 316 valence electrons. The standard InChI is InChI=1S/C65H39NOS/c1-2-18-41(19-3-1)66(56-33-17-35-58-60(56)53-29-13-15-34-57(53)68-58)42-38-36-40(37-39-42)43-30-16-32-55-59(43)52-28-12-14-31-54(52)65(55)61-48-24-8-4-20-44(48)46-22-6-10-26-50(46)63(61)67-64-51-27-11-7-23-47(51)45-21-5-9-25-49(45)62(64)65/h1-39H. The van der Waals surface area contributed by atoms with Crippen molar-refractivity contribution in [3.63, 3.8) is 0 Å². The molecule has 1 spiro atoms. The van der Waals surface area contributed by atoms with Crippen LogP contribution in [0.25, 0.3) is 85.5 Å². The normalized spacial score (nSPS) is 13.2. The monoisotopic (exact) mass is 881 g/mol. The second kappa shape index (κ2) is 14.3. The first-order valence-corrected chi connectivity index (χ1v) is 24.2. The third-order valence-corrected chi connectivity index (χ3v) is 16.0. The SMILES string of the molecule is c1ccc(N(c2ccc(-c3cccc4c3-c3ccccc3C43c4c(c5ccccc5c5ccccc45)Oc4c3c3ccccc3c3ccccc43)cc2)c2cccc3sc4ccccc4c23)cc1. The van der Waals surface area contributed by atoms with E-state index in [1.165, 1.54) is 103 Å². The summed E-state index contributed by atoms with van der Waals surface area (Å²) >= 11 is 1.86. The first-order chi connectivity index (χ1) is 33.8. The van der Waals surface area contributed by atoms with E-state index in [0.29, 0.717) is 0 Å². The maximum atomic E-state index is 7.60. The Morgan fingerprint density at radius 2 is 0.809 bits per heavy atom. The molecule has 13 aromatic rings. The smallest absolute Gasteiger partial charge is 0.140 e. The average molecular weight is 882 g/mol. The molecule has 1 aromatic heterocycles. The number of nitrogens with zero attached hydrogens (tertiary/aromatic N) is 1. The van der Waals surface area contributed by atoms with Crippen LogP contribution < -0.4 is 9.64 Å². The van der Waals surface area contributed by atoms with Crippen molar-refractivity contribution in [3.8, 4) is 33.8 Å². The van der Waals surface area contributed by atoms with Crippen LogP contribution in [0.3, 0.4) is 0 Å². The van der Waals surface area contributed by atoms with E-state index in [-0.39, 0.29) is 0 Å². The number of rotatable bonds is 4. The van der Waals surface area contributed by atoms with E-state index >= 15 is 0 Å². The van der Waals surface area contributed by atoms with E-state index in [1.54, 1.807) is 0 Å². The van der Waals surface area contributed by atoms with E-state index in [2.05, 4.69) is 241 Å². The third kappa shape index (κ3) is 5.01. The Morgan fingerprint density at radius 1 is 0.338 bits per heavy atom. The van der Waals surface area contributed by atoms with Gasteiger partial charge in [0.1, 0.15) is 11.5 Å². The molecular formula is C65H39NOS. The second-order valence-electron chi connectivity index (χ2n) is 18.2. The lowest BCUT2D eigenvalue weighted by molar-refractivity contribution is 0.451. The van der Waals surface area contributed by atoms with E-state index in [9.17, 15) is 0 Å². The Balaban J connectivity index is 1.02. The van der Waals surface area contributed by atoms with Gasteiger partial charge < -0.3 is 9.64 Å². The van der Waals surface area contributed by atoms with Crippen LogP contribution in [0.2, 0.25) is 0 Å². The van der Waals surface area contributed by atoms with E-state index in [4.69, 9.17) is 4.74 Å². The largest absolute Gasteiger partial charge is 0.455 e. The Hall–Kier alpha value is -8.50. The van der Waals surface area contributed by atoms with Gasteiger partial charge in [0.05, 0.1) is 11.1 Å². The van der Waals surface area contributed by atoms with Crippen LogP contribution in [0, 0.1) is 0 Å². The first-order valence-electron chi connectivity index (χ1n) is 23.4. The predicted molar refractivity (Wildman–Crippen MR) is 287 cm³/mol. The Labute approximate surface area is 397 Å². The number of para-hydroxylation sites is 1. The van der Waals surface area contributed by atoms with Crippen LogP contribution in [0.4, 0.5) is 17.1 Å². The van der Waals surface area contributed by atoms with Gasteiger partial charge in [-0.25, -0.2) is 0 Å². The highest BCUT2D eigenvalue weighted by Crippen LogP contribution is 2.67. The summed E-state index contributed by atoms with van der Waals surface area (Å²) in [5, 5.41) is 12.1. The van der Waals surface area contributed by atoms with Crippen molar-refractivity contribution in [2.45, 2.75) is 5.41 Å². The maximum Gasteiger partial charge on any atom is 0.140 e. The van der Waals surface area contributed by atoms with Crippen LogP contribution >= 0.6 is 11.3 Å². The molecule has 0 saturated heterocycles. The van der Waals surface area contributed by atoms with Crippen LogP contribution in [0.5, 0.6) is 11.5 Å². The highest BCUT2D eigenvalue weighted by Gasteiger charge is 2.54. The van der Waals surface area contributed by atoms with Gasteiger partial charge >= 0.3 is 0 Å². The summed E-state index contributed by atoms with van der Waals surface area (Å²) < 4.78 is 10.2. The molecule has 12 aromatic carbocycles. The summed E-state index contributed by atoms with van der Waals surface area (Å²) in [6, 6.07) is 87.4. The minimum atomic E-state index is -0.732. The summed E-state index contributed by atoms with van der Waals surface area (Å²) in [6.45, 7) is 0. The third-order valence-electron chi connectivity index (χ3n) is 14.9. The molecule has 1 aliphatic heterocycles. The van der Waals surface area contributed by atoms with Gasteiger partial charge in [0.25, 0.3) is 0 Å². The minimum Gasteiger partial charge on any atom is -0.455 e. The van der Waals surface area contributed by atoms with E-state index in [1.807, 2.05) is 11.3 Å². The zero-order valence-corrected chi connectivity index (χ0v) is 37.6. The summed E-state index contributed by atoms with van der Waals surface area (Å²) in [5.41, 5.74) is 12.5. The lowest BCUT2D eigenvalue weighted by atomic mass is 9.63. The molecule has 0 saturated carbocycles. The molecule has 0 radical (unpaired) electrons. The average Bonchev–Trinajstić information content (AvgIpc) is 3.94. The van der Waals surface area contributed by atoms with Crippen LogP contribution in [0.15, 0.2) is 237 Å². The highest BCUT2D eigenvalue weighted by atomic mass is 32.1. The molecule has 0 atom stereocenters. The van der Waals surface area contributed by atoms with E-state index < -0.39 is 5.41 Å². The van der Waals surface area contributed by atoms with Crippen molar-refractivity contribution >= 4 is 91.7 Å². The van der Waals surface area contributed by atoms with Crippen LogP contribution in [0.1, 0.15) is 22.3 Å². The maximum absolute atomic E-state index is 7.60. The van der Waals surface area contributed by atoms with Gasteiger partial charge in [-0.05, 0) is 108 Å². The molecule has 68 heavy (non-hydrogen) atoms. The number of ether oxygens (including phenoxy) is 1. The second-order valence-corrected chi connectivity index (χ2v) is 19.3. The zero-order chi connectivity index (χ0) is 44.5. The van der Waals surface area contributed by atoms with Gasteiger partial charge in [-0.2, -0.15) is 0 Å². The molecule has 0 fully saturated rings. The van der Waals surface area contributed by atoms with Crippen LogP contribution in [-0.4, -0.2) is 0 Å². The summed E-state index contributed by atoms with van der Waals surface area (Å²) in [5.74, 6) is 1.86. The topological polar surface area (TPSA) is 12.5 Å². The minimum absolute atomic E-state index is 0.732. The zero-order valence-electron chi connectivity index (χ0n) is 36.8. The number of fused-ring (bicyclic) bond motifs is 22. The van der Waals surface area contributed by atoms with Crippen molar-refractivity contribution in [2.24, 2.45) is 0 Å². The number of thiophene rings is 1. The summed E-state index contributed by atoms with van der Waals surface area (Å²) in [7, 11) is 0. The predicted octanol–water partition coefficient (Wildman–Crippen LogP) is 18.3. The van der Waals surface area contributed by atoms with E-state index in [0.717, 1.165) is 33.6 Å². The summed E-state index contributed by atoms with van der Waals surface area (Å²) in [6.07, 6.45) is 0. The van der Waals surface area contributed by atoms with Crippen molar-refractivity contribution < 1.29 is 4.74 Å². The lowest BCUT2D eigenvalue weighted by Crippen LogP contribution is -2.33. The molecule has 0 bridgehead atoms. The first kappa shape index (κ1) is 37.7. The lowest BCUT2D eigenvalue weighted by Gasteiger charge is -2.42. The van der Waals surface area contributed by atoms with Crippen molar-refractivity contribution in [3.05, 3.63) is 259 Å². The van der Waals surface area contributed by atoms with Crippen molar-refractivity contribution in [1.82, 2.24) is 0 Å². The van der Waals surface area contributed by atoms with Gasteiger partial charge in [0.2, 0.25) is 0 Å². The van der Waals surface area contributed by atoms with Gasteiger partial charge in [0, 0.05) is 53.4 Å². The molecule has 3 heteroatoms. The van der Waals surface area contributed by atoms with Gasteiger partial charge in [-0.3, -0.25) is 0 Å². The van der Waals surface area contributed by atoms with Gasteiger partial charge in [0.15, 0.2) is 0 Å². The molecule has 0 amide bonds. The van der Waals surface area contributed by atoms with Crippen molar-refractivity contribution in [1.29, 1.82) is 0 Å². The molecule has 15 rings (SSSR count). The molecule has 2 heterocycles. The fourth-order valence-corrected chi connectivity index (χ4v) is 13.4. The van der Waals surface area contributed by atoms with Gasteiger partial charge in [-0.1, -0.05) is 194 Å². The molecule has 2 nitrogen and oxygen atoms in total. The quantitative estimate of drug-likeness (QED) is 0.163. The fraction of sp³-hybridized carbons (Fsp3) is 0.0154. The van der Waals surface area contributed by atoms with Crippen molar-refractivity contribution in [2.75, 3.05) is 4.90 Å². The molecule has 1 aliphatic carbocycles. The number of hydrogen-bond donors (Lipinski definition) is 0.